The zero-order valence-corrected chi connectivity index (χ0v) is 9.31. The average molecular weight is 256 g/mol. The van der Waals surface area contributed by atoms with E-state index in [0.29, 0.717) is 0 Å². The van der Waals surface area contributed by atoms with E-state index in [1.165, 1.54) is 18.2 Å². The molecule has 0 fully saturated rings. The lowest BCUT2D eigenvalue weighted by molar-refractivity contribution is 0.0692. The van der Waals surface area contributed by atoms with Crippen LogP contribution in [-0.4, -0.2) is 11.1 Å². The Bertz CT molecular complexity index is 673. The molecule has 0 saturated heterocycles. The third-order valence-electron chi connectivity index (χ3n) is 2.05. The van der Waals surface area contributed by atoms with Crippen LogP contribution < -0.4 is 5.32 Å². The number of carboxylic acids is 1. The van der Waals surface area contributed by atoms with Gasteiger partial charge in [-0.25, -0.2) is 9.18 Å². The highest BCUT2D eigenvalue weighted by Crippen LogP contribution is 2.17. The second-order valence-corrected chi connectivity index (χ2v) is 3.21. The minimum atomic E-state index is -1.47. The first-order chi connectivity index (χ1) is 9.03. The van der Waals surface area contributed by atoms with E-state index in [1.807, 2.05) is 0 Å². The Morgan fingerprint density at radius 2 is 1.84 bits per heavy atom. The van der Waals surface area contributed by atoms with Crippen molar-refractivity contribution in [3.8, 4) is 18.2 Å². The van der Waals surface area contributed by atoms with Gasteiger partial charge in [-0.2, -0.15) is 15.8 Å². The molecule has 0 saturated carbocycles. The highest BCUT2D eigenvalue weighted by atomic mass is 19.1. The fourth-order valence-electron chi connectivity index (χ4n) is 1.19. The van der Waals surface area contributed by atoms with Crippen molar-refractivity contribution >= 4 is 11.7 Å². The average Bonchev–Trinajstić information content (AvgIpc) is 2.40. The lowest BCUT2D eigenvalue weighted by atomic mass is 10.1. The van der Waals surface area contributed by atoms with Crippen LogP contribution in [0.1, 0.15) is 10.4 Å². The number of carbonyl (C=O) groups is 1. The normalized spacial score (nSPS) is 8.53. The molecule has 19 heavy (non-hydrogen) atoms. The number of allylic oxidation sites excluding steroid dienone is 2. The summed E-state index contributed by atoms with van der Waals surface area (Å²) in [5.41, 5.74) is -1.30. The number of hydrogen-bond acceptors (Lipinski definition) is 5. The quantitative estimate of drug-likeness (QED) is 0.794. The van der Waals surface area contributed by atoms with E-state index in [-0.39, 0.29) is 11.4 Å². The first-order valence-corrected chi connectivity index (χ1v) is 4.78. The van der Waals surface area contributed by atoms with Crippen LogP contribution in [0.15, 0.2) is 29.5 Å². The minimum Gasteiger partial charge on any atom is -0.478 e. The molecule has 0 unspecified atom stereocenters. The van der Waals surface area contributed by atoms with Gasteiger partial charge in [0.15, 0.2) is 5.57 Å². The zero-order chi connectivity index (χ0) is 14.4. The van der Waals surface area contributed by atoms with E-state index in [0.717, 1.165) is 12.1 Å². The Hall–Kier alpha value is -3.37. The van der Waals surface area contributed by atoms with Gasteiger partial charge in [0.2, 0.25) is 0 Å². The number of benzene rings is 1. The molecular weight excluding hydrogens is 251 g/mol. The van der Waals surface area contributed by atoms with E-state index < -0.39 is 22.9 Å². The van der Waals surface area contributed by atoms with Gasteiger partial charge in [-0.05, 0) is 18.2 Å². The maximum absolute atomic E-state index is 13.1. The first kappa shape index (κ1) is 13.7. The standard InChI is InChI=1S/C12H5FN4O2/c13-10-2-1-8(3-9(10)12(18)19)17-11(6-16)7(4-14)5-15/h1-3,17H,(H,18,19). The van der Waals surface area contributed by atoms with Crippen LogP contribution >= 0.6 is 0 Å². The SMILES string of the molecule is N#CC(C#N)=C(C#N)Nc1ccc(F)c(C(=O)O)c1. The molecule has 0 amide bonds. The molecule has 0 aromatic heterocycles. The summed E-state index contributed by atoms with van der Waals surface area (Å²) in [6.07, 6.45) is 0. The number of nitrogens with one attached hydrogen (secondary N) is 1. The number of anilines is 1. The van der Waals surface area contributed by atoms with Crippen LogP contribution in [0.2, 0.25) is 0 Å². The van der Waals surface area contributed by atoms with Crippen molar-refractivity contribution in [2.24, 2.45) is 0 Å². The largest absolute Gasteiger partial charge is 0.478 e. The molecular formula is C12H5FN4O2. The summed E-state index contributed by atoms with van der Waals surface area (Å²) in [6.45, 7) is 0. The molecule has 0 atom stereocenters. The van der Waals surface area contributed by atoms with E-state index in [9.17, 15) is 9.18 Å². The molecule has 0 spiro atoms. The summed E-state index contributed by atoms with van der Waals surface area (Å²) >= 11 is 0. The molecule has 0 aliphatic heterocycles. The smallest absolute Gasteiger partial charge is 0.338 e. The van der Waals surface area contributed by atoms with Crippen molar-refractivity contribution in [2.75, 3.05) is 5.32 Å². The molecule has 1 rings (SSSR count). The zero-order valence-electron chi connectivity index (χ0n) is 9.31. The second-order valence-electron chi connectivity index (χ2n) is 3.21. The van der Waals surface area contributed by atoms with Crippen molar-refractivity contribution in [1.82, 2.24) is 0 Å². The maximum atomic E-state index is 13.1. The number of nitriles is 3. The lowest BCUT2D eigenvalue weighted by Crippen LogP contribution is -2.05. The highest BCUT2D eigenvalue weighted by Gasteiger charge is 2.12. The molecule has 92 valence electrons. The van der Waals surface area contributed by atoms with E-state index in [1.54, 1.807) is 6.07 Å². The Morgan fingerprint density at radius 1 is 1.21 bits per heavy atom. The Morgan fingerprint density at radius 3 is 2.32 bits per heavy atom. The summed E-state index contributed by atoms with van der Waals surface area (Å²) in [4.78, 5) is 10.7. The highest BCUT2D eigenvalue weighted by molar-refractivity contribution is 5.89. The van der Waals surface area contributed by atoms with Crippen LogP contribution in [-0.2, 0) is 0 Å². The Balaban J connectivity index is 3.22. The van der Waals surface area contributed by atoms with Gasteiger partial charge in [0.05, 0.1) is 5.56 Å². The van der Waals surface area contributed by atoms with Crippen molar-refractivity contribution in [3.63, 3.8) is 0 Å². The fraction of sp³-hybridized carbons (Fsp3) is 0. The predicted molar refractivity (Wildman–Crippen MR) is 60.8 cm³/mol. The van der Waals surface area contributed by atoms with E-state index in [2.05, 4.69) is 5.32 Å². The van der Waals surface area contributed by atoms with Crippen LogP contribution in [0, 0.1) is 39.8 Å². The van der Waals surface area contributed by atoms with Crippen molar-refractivity contribution in [3.05, 3.63) is 40.8 Å². The minimum absolute atomic E-state index is 0.0818. The molecule has 6 nitrogen and oxygen atoms in total. The van der Waals surface area contributed by atoms with E-state index in [4.69, 9.17) is 20.9 Å². The third kappa shape index (κ3) is 3.06. The predicted octanol–water partition coefficient (Wildman–Crippen LogP) is 1.76. The van der Waals surface area contributed by atoms with Gasteiger partial charge < -0.3 is 10.4 Å². The molecule has 1 aromatic rings. The van der Waals surface area contributed by atoms with Crippen LogP contribution in [0.3, 0.4) is 0 Å². The van der Waals surface area contributed by atoms with Crippen molar-refractivity contribution in [2.45, 2.75) is 0 Å². The van der Waals surface area contributed by atoms with Crippen molar-refractivity contribution in [1.29, 1.82) is 15.8 Å². The summed E-state index contributed by atoms with van der Waals surface area (Å²) in [7, 11) is 0. The summed E-state index contributed by atoms with van der Waals surface area (Å²) in [5, 5.41) is 37.2. The van der Waals surface area contributed by atoms with Gasteiger partial charge in [-0.1, -0.05) is 0 Å². The van der Waals surface area contributed by atoms with Gasteiger partial charge in [0.25, 0.3) is 0 Å². The number of halogens is 1. The van der Waals surface area contributed by atoms with Crippen LogP contribution in [0.4, 0.5) is 10.1 Å². The van der Waals surface area contributed by atoms with E-state index >= 15 is 0 Å². The number of nitrogens with zero attached hydrogens (tertiary/aromatic N) is 3. The lowest BCUT2D eigenvalue weighted by Gasteiger charge is -2.06. The first-order valence-electron chi connectivity index (χ1n) is 4.78. The fourth-order valence-corrected chi connectivity index (χ4v) is 1.19. The summed E-state index contributed by atoms with van der Waals surface area (Å²) in [6, 6.07) is 7.68. The summed E-state index contributed by atoms with van der Waals surface area (Å²) < 4.78 is 13.1. The van der Waals surface area contributed by atoms with Gasteiger partial charge in [-0.15, -0.1) is 0 Å². The third-order valence-corrected chi connectivity index (χ3v) is 2.05. The number of aromatic carboxylic acids is 1. The molecule has 0 radical (unpaired) electrons. The second kappa shape index (κ2) is 5.81. The Kier molecular flexibility index (Phi) is 4.19. The Labute approximate surface area is 107 Å². The molecule has 0 bridgehead atoms. The van der Waals surface area contributed by atoms with Gasteiger partial charge >= 0.3 is 5.97 Å². The monoisotopic (exact) mass is 256 g/mol. The topological polar surface area (TPSA) is 121 Å². The molecule has 0 aliphatic carbocycles. The van der Waals surface area contributed by atoms with Gasteiger partial charge in [0.1, 0.15) is 29.7 Å². The molecule has 7 heteroatoms. The maximum Gasteiger partial charge on any atom is 0.338 e. The van der Waals surface area contributed by atoms with Crippen molar-refractivity contribution < 1.29 is 14.3 Å². The van der Waals surface area contributed by atoms with Crippen LogP contribution in [0.5, 0.6) is 0 Å². The summed E-state index contributed by atoms with van der Waals surface area (Å²) in [5.74, 6) is -2.40. The van der Waals surface area contributed by atoms with Gasteiger partial charge in [-0.3, -0.25) is 0 Å². The van der Waals surface area contributed by atoms with Gasteiger partial charge in [0, 0.05) is 5.69 Å². The number of hydrogen-bond donors (Lipinski definition) is 2. The molecule has 1 aromatic carbocycles. The molecule has 0 aliphatic rings. The number of carboxylic acid groups (broad SMARTS) is 1. The molecule has 2 N–H and O–H groups in total. The molecule has 0 heterocycles. The van der Waals surface area contributed by atoms with Crippen LogP contribution in [0.25, 0.3) is 0 Å². The number of rotatable bonds is 3.